The van der Waals surface area contributed by atoms with Gasteiger partial charge in [-0.1, -0.05) is 19.9 Å². The Labute approximate surface area is 124 Å². The molecular formula is C15H23NO3S. The normalized spacial score (nSPS) is 15.4. The fourth-order valence-electron chi connectivity index (χ4n) is 2.15. The van der Waals surface area contributed by atoms with E-state index in [2.05, 4.69) is 5.32 Å². The van der Waals surface area contributed by atoms with Gasteiger partial charge in [-0.05, 0) is 38.1 Å². The molecule has 0 saturated heterocycles. The average molecular weight is 297 g/mol. The van der Waals surface area contributed by atoms with Gasteiger partial charge in [0.15, 0.2) is 0 Å². The second-order valence-corrected chi connectivity index (χ2v) is 6.49. The van der Waals surface area contributed by atoms with Crippen molar-refractivity contribution in [2.75, 3.05) is 13.7 Å². The topological polar surface area (TPSA) is 58.6 Å². The summed E-state index contributed by atoms with van der Waals surface area (Å²) in [6, 6.07) is 7.81. The van der Waals surface area contributed by atoms with Crippen LogP contribution in [-0.4, -0.2) is 35.5 Å². The minimum absolute atomic E-state index is 0.183. The Bertz CT molecular complexity index is 452. The zero-order valence-corrected chi connectivity index (χ0v) is 13.3. The highest BCUT2D eigenvalue weighted by atomic mass is 32.2. The highest BCUT2D eigenvalue weighted by molar-refractivity contribution is 8.00. The first-order chi connectivity index (χ1) is 9.41. The van der Waals surface area contributed by atoms with Crippen LogP contribution in [0.15, 0.2) is 29.2 Å². The van der Waals surface area contributed by atoms with Crippen molar-refractivity contribution in [2.24, 2.45) is 0 Å². The third kappa shape index (κ3) is 4.72. The summed E-state index contributed by atoms with van der Waals surface area (Å²) in [6.07, 6.45) is 0.554. The predicted octanol–water partition coefficient (Wildman–Crippen LogP) is 3.02. The quantitative estimate of drug-likeness (QED) is 0.722. The van der Waals surface area contributed by atoms with Crippen LogP contribution in [0, 0.1) is 0 Å². The maximum absolute atomic E-state index is 11.4. The van der Waals surface area contributed by atoms with Gasteiger partial charge >= 0.3 is 5.97 Å². The molecule has 0 saturated carbocycles. The van der Waals surface area contributed by atoms with Crippen molar-refractivity contribution in [1.82, 2.24) is 5.32 Å². The van der Waals surface area contributed by atoms with Crippen molar-refractivity contribution >= 4 is 17.7 Å². The number of hydrogen-bond acceptors (Lipinski definition) is 4. The molecule has 2 unspecified atom stereocenters. The van der Waals surface area contributed by atoms with Crippen LogP contribution in [0.2, 0.25) is 0 Å². The number of hydrogen-bond donors (Lipinski definition) is 2. The molecule has 0 heterocycles. The Morgan fingerprint density at radius 1 is 1.55 bits per heavy atom. The van der Waals surface area contributed by atoms with E-state index < -0.39 is 11.5 Å². The van der Waals surface area contributed by atoms with Crippen LogP contribution < -0.4 is 10.1 Å². The summed E-state index contributed by atoms with van der Waals surface area (Å²) in [4.78, 5) is 12.5. The number of thioether (sulfide) groups is 1. The smallest absolute Gasteiger partial charge is 0.323 e. The van der Waals surface area contributed by atoms with E-state index in [1.165, 1.54) is 0 Å². The first-order valence-electron chi connectivity index (χ1n) is 6.70. The lowest BCUT2D eigenvalue weighted by molar-refractivity contribution is -0.144. The number of ether oxygens (including phenoxy) is 1. The van der Waals surface area contributed by atoms with Crippen molar-refractivity contribution in [1.29, 1.82) is 0 Å². The number of carbonyl (C=O) groups is 1. The van der Waals surface area contributed by atoms with Crippen LogP contribution in [0.3, 0.4) is 0 Å². The van der Waals surface area contributed by atoms with Crippen LogP contribution in [0.25, 0.3) is 0 Å². The molecule has 0 aliphatic carbocycles. The van der Waals surface area contributed by atoms with Gasteiger partial charge in [-0.2, -0.15) is 0 Å². The molecule has 4 nitrogen and oxygen atoms in total. The summed E-state index contributed by atoms with van der Waals surface area (Å²) in [6.45, 7) is 6.34. The molecule has 112 valence electrons. The van der Waals surface area contributed by atoms with Gasteiger partial charge in [-0.3, -0.25) is 4.79 Å². The first-order valence-corrected chi connectivity index (χ1v) is 7.58. The minimum Gasteiger partial charge on any atom is -0.497 e. The highest BCUT2D eigenvalue weighted by Gasteiger charge is 2.33. The molecule has 0 amide bonds. The van der Waals surface area contributed by atoms with E-state index in [-0.39, 0.29) is 5.25 Å². The lowest BCUT2D eigenvalue weighted by atomic mass is 9.96. The maximum Gasteiger partial charge on any atom is 0.323 e. The van der Waals surface area contributed by atoms with Crippen LogP contribution in [0.1, 0.15) is 27.2 Å². The van der Waals surface area contributed by atoms with Crippen molar-refractivity contribution in [3.63, 3.8) is 0 Å². The van der Waals surface area contributed by atoms with Gasteiger partial charge in [0.2, 0.25) is 0 Å². The number of rotatable bonds is 8. The number of benzene rings is 1. The van der Waals surface area contributed by atoms with Crippen molar-refractivity contribution in [3.8, 4) is 5.75 Å². The number of carboxylic acids is 1. The van der Waals surface area contributed by atoms with Gasteiger partial charge in [0, 0.05) is 10.1 Å². The lowest BCUT2D eigenvalue weighted by Crippen LogP contribution is -2.50. The molecule has 0 fully saturated rings. The number of methoxy groups -OCH3 is 1. The Morgan fingerprint density at radius 2 is 2.25 bits per heavy atom. The Kier molecular flexibility index (Phi) is 6.36. The molecular weight excluding hydrogens is 274 g/mol. The van der Waals surface area contributed by atoms with Crippen molar-refractivity contribution in [2.45, 2.75) is 42.9 Å². The molecule has 0 radical (unpaired) electrons. The predicted molar refractivity (Wildman–Crippen MR) is 82.6 cm³/mol. The molecule has 0 aromatic heterocycles. The molecule has 2 atom stereocenters. The molecule has 1 aromatic rings. The third-order valence-electron chi connectivity index (χ3n) is 3.11. The van der Waals surface area contributed by atoms with Gasteiger partial charge in [-0.15, -0.1) is 11.8 Å². The second kappa shape index (κ2) is 7.55. The molecule has 2 N–H and O–H groups in total. The van der Waals surface area contributed by atoms with E-state index in [1.807, 2.05) is 38.1 Å². The minimum atomic E-state index is -0.889. The van der Waals surface area contributed by atoms with E-state index in [0.29, 0.717) is 13.0 Å². The fraction of sp³-hybridized carbons (Fsp3) is 0.533. The molecule has 0 aliphatic rings. The largest absolute Gasteiger partial charge is 0.497 e. The Hall–Kier alpha value is -1.20. The molecule has 1 aromatic carbocycles. The summed E-state index contributed by atoms with van der Waals surface area (Å²) in [5.74, 6) is 0.00678. The number of nitrogens with one attached hydrogen (secondary N) is 1. The zero-order chi connectivity index (χ0) is 15.2. The van der Waals surface area contributed by atoms with Crippen molar-refractivity contribution < 1.29 is 14.6 Å². The number of carboxylic acid groups (broad SMARTS) is 1. The van der Waals surface area contributed by atoms with Crippen LogP contribution in [-0.2, 0) is 4.79 Å². The van der Waals surface area contributed by atoms with Crippen LogP contribution in [0.5, 0.6) is 5.75 Å². The molecule has 0 bridgehead atoms. The molecule has 0 aliphatic heterocycles. The van der Waals surface area contributed by atoms with E-state index in [0.717, 1.165) is 10.6 Å². The fourth-order valence-corrected chi connectivity index (χ4v) is 3.37. The molecule has 20 heavy (non-hydrogen) atoms. The van der Waals surface area contributed by atoms with Gasteiger partial charge in [0.1, 0.15) is 11.3 Å². The SMILES string of the molecule is CCNC(C)(CC(C)Sc1cccc(OC)c1)C(=O)O. The summed E-state index contributed by atoms with van der Waals surface area (Å²) in [7, 11) is 1.64. The van der Waals surface area contributed by atoms with E-state index in [9.17, 15) is 9.90 Å². The van der Waals surface area contributed by atoms with Gasteiger partial charge < -0.3 is 15.2 Å². The summed E-state index contributed by atoms with van der Waals surface area (Å²) in [5, 5.41) is 12.6. The maximum atomic E-state index is 11.4. The number of likely N-dealkylation sites (N-methyl/N-ethyl adjacent to an activating group) is 1. The average Bonchev–Trinajstić information content (AvgIpc) is 2.38. The monoisotopic (exact) mass is 297 g/mol. The molecule has 0 spiro atoms. The van der Waals surface area contributed by atoms with Crippen LogP contribution >= 0.6 is 11.8 Å². The summed E-state index contributed by atoms with van der Waals surface area (Å²) in [5.41, 5.74) is -0.889. The van der Waals surface area contributed by atoms with Gasteiger partial charge in [0.05, 0.1) is 7.11 Å². The number of aliphatic carboxylic acids is 1. The summed E-state index contributed by atoms with van der Waals surface area (Å²) >= 11 is 1.66. The Morgan fingerprint density at radius 3 is 2.80 bits per heavy atom. The first kappa shape index (κ1) is 16.9. The standard InChI is InChI=1S/C15H23NO3S/c1-5-16-15(3,14(17)18)10-11(2)20-13-8-6-7-12(9-13)19-4/h6-9,11,16H,5,10H2,1-4H3,(H,17,18). The highest BCUT2D eigenvalue weighted by Crippen LogP contribution is 2.30. The summed E-state index contributed by atoms with van der Waals surface area (Å²) < 4.78 is 5.19. The molecule has 5 heteroatoms. The third-order valence-corrected chi connectivity index (χ3v) is 4.21. The lowest BCUT2D eigenvalue weighted by Gasteiger charge is -2.28. The Balaban J connectivity index is 2.70. The van der Waals surface area contributed by atoms with Crippen molar-refractivity contribution in [3.05, 3.63) is 24.3 Å². The van der Waals surface area contributed by atoms with Crippen LogP contribution in [0.4, 0.5) is 0 Å². The zero-order valence-electron chi connectivity index (χ0n) is 12.5. The van der Waals surface area contributed by atoms with E-state index in [1.54, 1.807) is 25.8 Å². The second-order valence-electron chi connectivity index (χ2n) is 4.98. The van der Waals surface area contributed by atoms with E-state index in [4.69, 9.17) is 4.74 Å². The van der Waals surface area contributed by atoms with E-state index >= 15 is 0 Å². The van der Waals surface area contributed by atoms with Gasteiger partial charge in [-0.25, -0.2) is 0 Å². The van der Waals surface area contributed by atoms with Gasteiger partial charge in [0.25, 0.3) is 0 Å². The molecule has 1 rings (SSSR count).